The smallest absolute Gasteiger partial charge is 0.150 e. The second-order valence-electron chi connectivity index (χ2n) is 4.69. The Bertz CT molecular complexity index is 781. The summed E-state index contributed by atoms with van der Waals surface area (Å²) in [5.74, 6) is 0.957. The summed E-state index contributed by atoms with van der Waals surface area (Å²) < 4.78 is 5.56. The van der Waals surface area contributed by atoms with Gasteiger partial charge in [0.05, 0.1) is 5.70 Å². The van der Waals surface area contributed by atoms with Crippen molar-refractivity contribution in [1.82, 2.24) is 0 Å². The number of hydrogen-bond acceptors (Lipinski definition) is 5. The predicted molar refractivity (Wildman–Crippen MR) is 84.2 cm³/mol. The van der Waals surface area contributed by atoms with Gasteiger partial charge >= 0.3 is 0 Å². The second-order valence-corrected chi connectivity index (χ2v) is 4.69. The lowest BCUT2D eigenvalue weighted by atomic mass is 10.0. The maximum atomic E-state index is 8.96. The van der Waals surface area contributed by atoms with E-state index in [1.165, 1.54) is 0 Å². The van der Waals surface area contributed by atoms with Crippen LogP contribution in [-0.4, -0.2) is 0 Å². The molecule has 0 saturated carbocycles. The lowest BCUT2D eigenvalue weighted by Gasteiger charge is -2.16. The zero-order valence-electron chi connectivity index (χ0n) is 12.0. The van der Waals surface area contributed by atoms with Crippen LogP contribution in [0.25, 0.3) is 6.08 Å². The van der Waals surface area contributed by atoms with E-state index < -0.39 is 0 Å². The van der Waals surface area contributed by atoms with Gasteiger partial charge in [0.25, 0.3) is 0 Å². The summed E-state index contributed by atoms with van der Waals surface area (Å²) in [7, 11) is 0. The van der Waals surface area contributed by atoms with Crippen LogP contribution < -0.4 is 11.5 Å². The monoisotopic (exact) mass is 290 g/mol. The van der Waals surface area contributed by atoms with Gasteiger partial charge in [-0.2, -0.15) is 10.5 Å². The van der Waals surface area contributed by atoms with E-state index in [4.69, 9.17) is 26.7 Å². The number of nitriles is 2. The summed E-state index contributed by atoms with van der Waals surface area (Å²) in [6.07, 6.45) is 4.94. The molecule has 0 unspecified atom stereocenters. The number of hydrogen-bond donors (Lipinski definition) is 2. The summed E-state index contributed by atoms with van der Waals surface area (Å²) >= 11 is 0. The van der Waals surface area contributed by atoms with Crippen molar-refractivity contribution in [3.05, 3.63) is 70.3 Å². The lowest BCUT2D eigenvalue weighted by molar-refractivity contribution is 0.311. The Morgan fingerprint density at radius 3 is 2.36 bits per heavy atom. The number of nitrogen functional groups attached to an aromatic ring is 1. The minimum absolute atomic E-state index is 0.0143. The highest BCUT2D eigenvalue weighted by Crippen LogP contribution is 2.25. The molecule has 0 bridgehead atoms. The van der Waals surface area contributed by atoms with E-state index in [0.717, 1.165) is 5.56 Å². The number of ether oxygens (including phenoxy) is 1. The molecule has 1 aliphatic heterocycles. The number of benzene rings is 1. The third-order valence-corrected chi connectivity index (χ3v) is 2.97. The molecule has 0 fully saturated rings. The number of nitrogens with zero attached hydrogens (tertiary/aromatic N) is 2. The molecule has 5 heteroatoms. The zero-order chi connectivity index (χ0) is 16.1. The molecule has 0 amide bonds. The molecule has 1 aromatic rings. The topological polar surface area (TPSA) is 109 Å². The van der Waals surface area contributed by atoms with E-state index >= 15 is 0 Å². The summed E-state index contributed by atoms with van der Waals surface area (Å²) in [6.45, 7) is 1.73. The van der Waals surface area contributed by atoms with E-state index in [1.807, 2.05) is 24.3 Å². The summed E-state index contributed by atoms with van der Waals surface area (Å²) in [6, 6.07) is 10.9. The largest absolute Gasteiger partial charge is 0.460 e. The van der Waals surface area contributed by atoms with Crippen molar-refractivity contribution in [3.63, 3.8) is 0 Å². The fourth-order valence-corrected chi connectivity index (χ4v) is 1.92. The first kappa shape index (κ1) is 15.0. The maximum absolute atomic E-state index is 8.96. The fourth-order valence-electron chi connectivity index (χ4n) is 1.92. The van der Waals surface area contributed by atoms with Crippen molar-refractivity contribution in [2.75, 3.05) is 5.73 Å². The van der Waals surface area contributed by atoms with E-state index in [1.54, 1.807) is 37.3 Å². The molecule has 0 aliphatic carbocycles. The molecule has 5 nitrogen and oxygen atoms in total. The Morgan fingerprint density at radius 2 is 1.77 bits per heavy atom. The van der Waals surface area contributed by atoms with Crippen LogP contribution in [0.2, 0.25) is 0 Å². The van der Waals surface area contributed by atoms with Gasteiger partial charge in [-0.25, -0.2) is 0 Å². The van der Waals surface area contributed by atoms with Crippen LogP contribution in [0.5, 0.6) is 0 Å². The molecule has 0 aromatic heterocycles. The van der Waals surface area contributed by atoms with Gasteiger partial charge < -0.3 is 16.2 Å². The summed E-state index contributed by atoms with van der Waals surface area (Å²) in [5, 5.41) is 17.9. The first-order valence-electron chi connectivity index (χ1n) is 6.49. The third kappa shape index (κ3) is 3.36. The van der Waals surface area contributed by atoms with Crippen LogP contribution in [-0.2, 0) is 4.74 Å². The Labute approximate surface area is 128 Å². The average Bonchev–Trinajstić information content (AvgIpc) is 2.50. The Morgan fingerprint density at radius 1 is 1.14 bits per heavy atom. The molecular weight excluding hydrogens is 276 g/mol. The van der Waals surface area contributed by atoms with Crippen LogP contribution in [0.4, 0.5) is 5.69 Å². The van der Waals surface area contributed by atoms with Gasteiger partial charge in [0.2, 0.25) is 0 Å². The molecule has 1 heterocycles. The Balaban J connectivity index is 2.40. The molecule has 4 N–H and O–H groups in total. The fraction of sp³-hybridized carbons (Fsp3) is 0.0588. The van der Waals surface area contributed by atoms with Crippen molar-refractivity contribution in [2.45, 2.75) is 6.92 Å². The van der Waals surface area contributed by atoms with Crippen LogP contribution in [0, 0.1) is 22.7 Å². The normalized spacial score (nSPS) is 14.1. The number of allylic oxidation sites excluding steroid dienone is 5. The molecular formula is C17H14N4O. The van der Waals surface area contributed by atoms with Crippen LogP contribution in [0.3, 0.4) is 0 Å². The highest BCUT2D eigenvalue weighted by atomic mass is 16.5. The van der Waals surface area contributed by atoms with Gasteiger partial charge in [-0.05, 0) is 42.8 Å². The number of rotatable bonds is 2. The van der Waals surface area contributed by atoms with Crippen LogP contribution in [0.15, 0.2) is 64.8 Å². The van der Waals surface area contributed by atoms with Gasteiger partial charge in [-0.15, -0.1) is 0 Å². The van der Waals surface area contributed by atoms with Crippen molar-refractivity contribution in [2.24, 2.45) is 5.73 Å². The van der Waals surface area contributed by atoms with E-state index in [-0.39, 0.29) is 5.57 Å². The van der Waals surface area contributed by atoms with Crippen LogP contribution >= 0.6 is 0 Å². The highest BCUT2D eigenvalue weighted by Gasteiger charge is 2.14. The van der Waals surface area contributed by atoms with Crippen LogP contribution in [0.1, 0.15) is 12.5 Å². The van der Waals surface area contributed by atoms with Crippen molar-refractivity contribution < 1.29 is 4.74 Å². The summed E-state index contributed by atoms with van der Waals surface area (Å²) in [4.78, 5) is 0. The molecule has 2 rings (SSSR count). The molecule has 1 aromatic carbocycles. The molecule has 0 radical (unpaired) electrons. The number of nitrogens with two attached hydrogens (primary N) is 2. The minimum Gasteiger partial charge on any atom is -0.460 e. The molecule has 108 valence electrons. The average molecular weight is 290 g/mol. The first-order chi connectivity index (χ1) is 10.5. The Kier molecular flexibility index (Phi) is 4.31. The van der Waals surface area contributed by atoms with E-state index in [2.05, 4.69) is 0 Å². The van der Waals surface area contributed by atoms with Gasteiger partial charge in [-0.1, -0.05) is 12.1 Å². The molecule has 0 saturated heterocycles. The third-order valence-electron chi connectivity index (χ3n) is 2.97. The van der Waals surface area contributed by atoms with E-state index in [0.29, 0.717) is 28.5 Å². The highest BCUT2D eigenvalue weighted by molar-refractivity contribution is 5.61. The SMILES string of the molecule is CC1=CC(=C(C#N)C#N)C=C(C(N)=Cc2ccc(N)cc2)O1. The zero-order valence-corrected chi connectivity index (χ0v) is 12.0. The van der Waals surface area contributed by atoms with Gasteiger partial charge in [0.15, 0.2) is 0 Å². The second kappa shape index (κ2) is 6.34. The van der Waals surface area contributed by atoms with Crippen molar-refractivity contribution in [3.8, 4) is 12.1 Å². The predicted octanol–water partition coefficient (Wildman–Crippen LogP) is 2.73. The number of anilines is 1. The first-order valence-corrected chi connectivity index (χ1v) is 6.49. The minimum atomic E-state index is 0.0143. The van der Waals surface area contributed by atoms with Crippen molar-refractivity contribution >= 4 is 11.8 Å². The summed E-state index contributed by atoms with van der Waals surface area (Å²) in [5.41, 5.74) is 14.1. The quantitative estimate of drug-likeness (QED) is 0.643. The standard InChI is InChI=1S/C17H14N4O/c1-11-6-13(14(9-18)10-19)8-17(22-11)16(21)7-12-2-4-15(20)5-3-12/h2-8H,20-21H2,1H3. The molecule has 22 heavy (non-hydrogen) atoms. The lowest BCUT2D eigenvalue weighted by Crippen LogP contribution is -2.08. The van der Waals surface area contributed by atoms with Gasteiger partial charge in [0, 0.05) is 11.3 Å². The van der Waals surface area contributed by atoms with Gasteiger partial charge in [-0.3, -0.25) is 0 Å². The van der Waals surface area contributed by atoms with Gasteiger partial charge in [0.1, 0.15) is 29.2 Å². The molecule has 0 spiro atoms. The molecule has 0 atom stereocenters. The van der Waals surface area contributed by atoms with E-state index in [9.17, 15) is 0 Å². The molecule has 1 aliphatic rings. The Hall–Kier alpha value is -3.44. The maximum Gasteiger partial charge on any atom is 0.150 e. The van der Waals surface area contributed by atoms with Crippen molar-refractivity contribution in [1.29, 1.82) is 10.5 Å².